The maximum absolute atomic E-state index is 12.5. The molecule has 0 saturated heterocycles. The third kappa shape index (κ3) is 4.86. The Morgan fingerprint density at radius 2 is 2.15 bits per heavy atom. The van der Waals surface area contributed by atoms with Crippen LogP contribution in [0.4, 0.5) is 0 Å². The molecule has 3 rings (SSSR count). The van der Waals surface area contributed by atoms with Crippen molar-refractivity contribution in [3.05, 3.63) is 26.6 Å². The quantitative estimate of drug-likeness (QED) is 0.568. The molecule has 3 N–H and O–H groups in total. The third-order valence-electron chi connectivity index (χ3n) is 4.51. The van der Waals surface area contributed by atoms with Crippen molar-refractivity contribution in [2.24, 2.45) is 0 Å². The largest absolute Gasteiger partial charge is 0.356 e. The Balaban J connectivity index is 1.50. The summed E-state index contributed by atoms with van der Waals surface area (Å²) in [6.45, 7) is 1.61. The van der Waals surface area contributed by atoms with Gasteiger partial charge in [0.15, 0.2) is 0 Å². The van der Waals surface area contributed by atoms with Crippen LogP contribution in [0.3, 0.4) is 0 Å². The van der Waals surface area contributed by atoms with Gasteiger partial charge >= 0.3 is 0 Å². The lowest BCUT2D eigenvalue weighted by Gasteiger charge is -2.09. The van der Waals surface area contributed by atoms with E-state index >= 15 is 0 Å². The summed E-state index contributed by atoms with van der Waals surface area (Å²) in [7, 11) is 1.90. The second-order valence-corrected chi connectivity index (χ2v) is 8.70. The van der Waals surface area contributed by atoms with Crippen LogP contribution >= 0.6 is 23.1 Å². The van der Waals surface area contributed by atoms with E-state index in [1.54, 1.807) is 23.1 Å². The highest BCUT2D eigenvalue weighted by Gasteiger charge is 2.19. The van der Waals surface area contributed by atoms with Gasteiger partial charge in [-0.3, -0.25) is 9.59 Å². The van der Waals surface area contributed by atoms with Gasteiger partial charge in [0.2, 0.25) is 5.91 Å². The first-order valence-corrected chi connectivity index (χ1v) is 11.2. The number of aromatic nitrogens is 2. The minimum atomic E-state index is -0.00715. The van der Waals surface area contributed by atoms with Gasteiger partial charge in [-0.05, 0) is 51.3 Å². The fourth-order valence-electron chi connectivity index (χ4n) is 3.19. The second kappa shape index (κ2) is 9.53. The predicted molar refractivity (Wildman–Crippen MR) is 109 cm³/mol. The molecule has 2 aromatic heterocycles. The van der Waals surface area contributed by atoms with E-state index in [1.165, 1.54) is 16.9 Å². The van der Waals surface area contributed by atoms with Crippen molar-refractivity contribution >= 4 is 39.2 Å². The third-order valence-corrected chi connectivity index (χ3v) is 6.67. The van der Waals surface area contributed by atoms with Crippen molar-refractivity contribution in [1.29, 1.82) is 0 Å². The van der Waals surface area contributed by atoms with E-state index in [0.29, 0.717) is 24.5 Å². The number of fused-ring (bicyclic) bond motifs is 3. The molecule has 0 unspecified atom stereocenters. The SMILES string of the molecule is CNCCCNC(=O)CCSCc1nc2sc3c(c2c(=O)[nH]1)CCCC3. The summed E-state index contributed by atoms with van der Waals surface area (Å²) in [6.07, 6.45) is 5.86. The molecular formula is C18H26N4O2S2. The summed E-state index contributed by atoms with van der Waals surface area (Å²) in [5, 5.41) is 6.77. The van der Waals surface area contributed by atoms with Crippen LogP contribution in [-0.4, -0.2) is 41.8 Å². The van der Waals surface area contributed by atoms with E-state index in [2.05, 4.69) is 20.6 Å². The molecule has 1 aliphatic rings. The molecule has 0 aromatic carbocycles. The summed E-state index contributed by atoms with van der Waals surface area (Å²) >= 11 is 3.30. The molecule has 8 heteroatoms. The average molecular weight is 395 g/mol. The molecule has 0 atom stereocenters. The number of carbonyl (C=O) groups is 1. The van der Waals surface area contributed by atoms with Gasteiger partial charge in [-0.25, -0.2) is 4.98 Å². The minimum Gasteiger partial charge on any atom is -0.356 e. The molecule has 0 saturated carbocycles. The number of hydrogen-bond acceptors (Lipinski definition) is 6. The highest BCUT2D eigenvalue weighted by Crippen LogP contribution is 2.33. The number of H-pyrrole nitrogens is 1. The van der Waals surface area contributed by atoms with Gasteiger partial charge in [-0.1, -0.05) is 0 Å². The zero-order valence-electron chi connectivity index (χ0n) is 15.2. The van der Waals surface area contributed by atoms with Crippen molar-refractivity contribution < 1.29 is 4.79 Å². The number of aromatic amines is 1. The van der Waals surface area contributed by atoms with Crippen molar-refractivity contribution in [1.82, 2.24) is 20.6 Å². The lowest BCUT2D eigenvalue weighted by molar-refractivity contribution is -0.120. The first-order chi connectivity index (χ1) is 12.7. The Hall–Kier alpha value is -1.38. The Bertz CT molecular complexity index is 815. The molecule has 1 aliphatic carbocycles. The smallest absolute Gasteiger partial charge is 0.259 e. The predicted octanol–water partition coefficient (Wildman–Crippen LogP) is 2.21. The molecule has 142 valence electrons. The van der Waals surface area contributed by atoms with Crippen molar-refractivity contribution in [2.75, 3.05) is 25.9 Å². The molecule has 0 bridgehead atoms. The van der Waals surface area contributed by atoms with E-state index in [1.807, 2.05) is 7.05 Å². The summed E-state index contributed by atoms with van der Waals surface area (Å²) in [4.78, 5) is 34.0. The van der Waals surface area contributed by atoms with E-state index in [0.717, 1.165) is 48.2 Å². The standard InChI is InChI=1S/C18H26N4O2S2/c1-19-8-4-9-20-15(23)7-10-25-11-14-21-17(24)16-12-5-2-3-6-13(12)26-18(16)22-14/h19H,2-11H2,1H3,(H,20,23)(H,21,22,24). The van der Waals surface area contributed by atoms with Gasteiger partial charge in [0.25, 0.3) is 5.56 Å². The molecule has 0 spiro atoms. The van der Waals surface area contributed by atoms with Crippen LogP contribution in [0, 0.1) is 0 Å². The van der Waals surface area contributed by atoms with E-state index in [9.17, 15) is 9.59 Å². The Kier molecular flexibility index (Phi) is 7.10. The van der Waals surface area contributed by atoms with Crippen LogP contribution < -0.4 is 16.2 Å². The van der Waals surface area contributed by atoms with Gasteiger partial charge in [0, 0.05) is 23.6 Å². The fraction of sp³-hybridized carbons (Fsp3) is 0.611. The monoisotopic (exact) mass is 394 g/mol. The summed E-state index contributed by atoms with van der Waals surface area (Å²) in [5.74, 6) is 2.14. The van der Waals surface area contributed by atoms with Gasteiger partial charge in [-0.2, -0.15) is 11.8 Å². The molecule has 0 fully saturated rings. The zero-order chi connectivity index (χ0) is 18.4. The lowest BCUT2D eigenvalue weighted by Crippen LogP contribution is -2.26. The number of thioether (sulfide) groups is 1. The van der Waals surface area contributed by atoms with E-state index in [-0.39, 0.29) is 11.5 Å². The molecule has 26 heavy (non-hydrogen) atoms. The molecule has 0 aliphatic heterocycles. The maximum atomic E-state index is 12.5. The van der Waals surface area contributed by atoms with E-state index in [4.69, 9.17) is 0 Å². The molecule has 2 heterocycles. The van der Waals surface area contributed by atoms with Crippen LogP contribution in [0.25, 0.3) is 10.2 Å². The number of nitrogens with zero attached hydrogens (tertiary/aromatic N) is 1. The Labute approximate surface area is 161 Å². The van der Waals surface area contributed by atoms with Gasteiger partial charge < -0.3 is 15.6 Å². The lowest BCUT2D eigenvalue weighted by atomic mass is 9.97. The molecular weight excluding hydrogens is 368 g/mol. The summed E-state index contributed by atoms with van der Waals surface area (Å²) in [6, 6.07) is 0. The van der Waals surface area contributed by atoms with Crippen molar-refractivity contribution in [3.63, 3.8) is 0 Å². The Morgan fingerprint density at radius 1 is 1.31 bits per heavy atom. The van der Waals surface area contributed by atoms with Crippen LogP contribution in [0.5, 0.6) is 0 Å². The normalized spacial score (nSPS) is 13.7. The summed E-state index contributed by atoms with van der Waals surface area (Å²) in [5.41, 5.74) is 1.21. The topological polar surface area (TPSA) is 86.9 Å². The van der Waals surface area contributed by atoms with Crippen molar-refractivity contribution in [3.8, 4) is 0 Å². The average Bonchev–Trinajstić information content (AvgIpc) is 3.01. The summed E-state index contributed by atoms with van der Waals surface area (Å²) < 4.78 is 0. The highest BCUT2D eigenvalue weighted by atomic mass is 32.2. The maximum Gasteiger partial charge on any atom is 0.259 e. The van der Waals surface area contributed by atoms with Crippen LogP contribution in [0.2, 0.25) is 0 Å². The van der Waals surface area contributed by atoms with Crippen molar-refractivity contribution in [2.45, 2.75) is 44.3 Å². The van der Waals surface area contributed by atoms with Crippen LogP contribution in [0.15, 0.2) is 4.79 Å². The highest BCUT2D eigenvalue weighted by molar-refractivity contribution is 7.98. The van der Waals surface area contributed by atoms with Gasteiger partial charge in [-0.15, -0.1) is 11.3 Å². The number of aryl methyl sites for hydroxylation is 2. The molecule has 6 nitrogen and oxygen atoms in total. The fourth-order valence-corrected chi connectivity index (χ4v) is 5.28. The number of nitrogens with one attached hydrogen (secondary N) is 3. The van der Waals surface area contributed by atoms with Crippen LogP contribution in [-0.2, 0) is 23.4 Å². The first-order valence-electron chi connectivity index (χ1n) is 9.21. The first kappa shape index (κ1) is 19.4. The second-order valence-electron chi connectivity index (χ2n) is 6.51. The van der Waals surface area contributed by atoms with Gasteiger partial charge in [0.05, 0.1) is 11.1 Å². The van der Waals surface area contributed by atoms with Crippen LogP contribution in [0.1, 0.15) is 41.9 Å². The number of thiophene rings is 1. The molecule has 0 radical (unpaired) electrons. The molecule has 1 amide bonds. The number of amides is 1. The molecule has 2 aromatic rings. The number of carbonyl (C=O) groups excluding carboxylic acids is 1. The van der Waals surface area contributed by atoms with Gasteiger partial charge in [0.1, 0.15) is 10.7 Å². The van der Waals surface area contributed by atoms with E-state index < -0.39 is 0 Å². The number of rotatable bonds is 9. The minimum absolute atomic E-state index is 0.00715. The zero-order valence-corrected chi connectivity index (χ0v) is 16.8. The number of hydrogen-bond donors (Lipinski definition) is 3. The Morgan fingerprint density at radius 3 is 3.00 bits per heavy atom.